The van der Waals surface area contributed by atoms with E-state index in [0.717, 1.165) is 0 Å². The second-order valence-electron chi connectivity index (χ2n) is 7.59. The van der Waals surface area contributed by atoms with Gasteiger partial charge in [0, 0.05) is 23.2 Å². The van der Waals surface area contributed by atoms with Crippen molar-refractivity contribution < 1.29 is 44.8 Å². The number of ether oxygens (including phenoxy) is 3. The number of likely N-dealkylation sites (N-methyl/N-ethyl adjacent to an activating group) is 1. The van der Waals surface area contributed by atoms with Crippen LogP contribution in [0.2, 0.25) is 0 Å². The maximum atomic E-state index is 13.5. The van der Waals surface area contributed by atoms with E-state index in [1.54, 1.807) is 7.05 Å². The zero-order valence-electron chi connectivity index (χ0n) is 18.1. The van der Waals surface area contributed by atoms with Gasteiger partial charge in [0.2, 0.25) is 0 Å². The lowest BCUT2D eigenvalue weighted by Gasteiger charge is -2.39. The second kappa shape index (κ2) is 7.80. The van der Waals surface area contributed by atoms with Gasteiger partial charge in [-0.2, -0.15) is 21.6 Å². The molecule has 1 aliphatic carbocycles. The van der Waals surface area contributed by atoms with Crippen LogP contribution in [0.5, 0.6) is 23.0 Å². The first-order valence-corrected chi connectivity index (χ1v) is 11.1. The van der Waals surface area contributed by atoms with Gasteiger partial charge in [-0.15, -0.1) is 0 Å². The number of fused-ring (bicyclic) bond motifs is 2. The summed E-state index contributed by atoms with van der Waals surface area (Å²) in [5, 5.41) is 0. The molecule has 8 nitrogen and oxygen atoms in total. The number of Topliss-reactive ketones (excluding diaryl/α,β-unsaturated/α-hetero) is 1. The molecule has 0 aromatic heterocycles. The average molecular weight is 487 g/mol. The summed E-state index contributed by atoms with van der Waals surface area (Å²) in [6.07, 6.45) is 0.359. The Morgan fingerprint density at radius 3 is 2.12 bits per heavy atom. The van der Waals surface area contributed by atoms with Gasteiger partial charge in [-0.3, -0.25) is 9.69 Å². The maximum Gasteiger partial charge on any atom is 0.534 e. The fourth-order valence-corrected chi connectivity index (χ4v) is 4.79. The third-order valence-electron chi connectivity index (χ3n) is 5.81. The van der Waals surface area contributed by atoms with Gasteiger partial charge in [0.15, 0.2) is 28.8 Å². The summed E-state index contributed by atoms with van der Waals surface area (Å²) < 4.78 is 83.2. The smallest absolute Gasteiger partial charge is 0.493 e. The fraction of sp³-hybridized carbons (Fsp3) is 0.381. The van der Waals surface area contributed by atoms with Gasteiger partial charge < -0.3 is 18.4 Å². The summed E-state index contributed by atoms with van der Waals surface area (Å²) in [5.74, 6) is -0.514. The highest BCUT2D eigenvalue weighted by Crippen LogP contribution is 2.54. The molecule has 0 N–H and O–H groups in total. The molecule has 1 atom stereocenters. The molecule has 2 aliphatic rings. The van der Waals surface area contributed by atoms with E-state index >= 15 is 0 Å². The SMILES string of the molecule is COc1cc2c(cc1OC)-c1c(OC)c(OS(=O)(=O)C(F)(F)F)cc3c1C(C2=O)N(C)CC3. The fourth-order valence-electron chi connectivity index (χ4n) is 4.34. The number of carbonyl (C=O) groups excluding carboxylic acids is 1. The lowest BCUT2D eigenvalue weighted by Crippen LogP contribution is -2.39. The van der Waals surface area contributed by atoms with Crippen molar-refractivity contribution in [3.05, 3.63) is 34.9 Å². The van der Waals surface area contributed by atoms with Gasteiger partial charge in [-0.05, 0) is 42.8 Å². The Morgan fingerprint density at radius 1 is 0.970 bits per heavy atom. The van der Waals surface area contributed by atoms with Gasteiger partial charge in [0.1, 0.15) is 0 Å². The average Bonchev–Trinajstić information content (AvgIpc) is 2.75. The van der Waals surface area contributed by atoms with Crippen LogP contribution in [0.15, 0.2) is 18.2 Å². The zero-order chi connectivity index (χ0) is 24.3. The number of nitrogens with zero attached hydrogens (tertiary/aromatic N) is 1. The quantitative estimate of drug-likeness (QED) is 0.469. The third kappa shape index (κ3) is 3.48. The molecule has 1 unspecified atom stereocenters. The molecule has 0 amide bonds. The number of hydrogen-bond donors (Lipinski definition) is 0. The highest BCUT2D eigenvalue weighted by Gasteiger charge is 2.50. The highest BCUT2D eigenvalue weighted by molar-refractivity contribution is 7.88. The first-order chi connectivity index (χ1) is 15.4. The van der Waals surface area contributed by atoms with Crippen LogP contribution < -0.4 is 18.4 Å². The van der Waals surface area contributed by atoms with Crippen molar-refractivity contribution >= 4 is 15.9 Å². The topological polar surface area (TPSA) is 91.4 Å². The van der Waals surface area contributed by atoms with E-state index in [2.05, 4.69) is 4.18 Å². The van der Waals surface area contributed by atoms with Crippen LogP contribution in [0.1, 0.15) is 27.5 Å². The third-order valence-corrected chi connectivity index (χ3v) is 6.78. The molecule has 0 fully saturated rings. The summed E-state index contributed by atoms with van der Waals surface area (Å²) in [4.78, 5) is 15.3. The lowest BCUT2D eigenvalue weighted by molar-refractivity contribution is -0.0500. The monoisotopic (exact) mass is 487 g/mol. The van der Waals surface area contributed by atoms with Crippen LogP contribution in [0, 0.1) is 0 Å². The standard InChI is InChI=1S/C21H20F3NO7S/c1-25-6-5-10-7-15(32-33(27,28)21(22,23)24)20(31-4)17-11-8-13(29-2)14(30-3)9-12(11)19(26)18(25)16(10)17/h7-9,18H,5-6H2,1-4H3. The molecule has 1 heterocycles. The Labute approximate surface area is 187 Å². The first kappa shape index (κ1) is 23.2. The summed E-state index contributed by atoms with van der Waals surface area (Å²) in [6.45, 7) is 0.420. The first-order valence-electron chi connectivity index (χ1n) is 9.70. The van der Waals surface area contributed by atoms with Gasteiger partial charge >= 0.3 is 15.6 Å². The molecule has 0 bridgehead atoms. The molecule has 178 valence electrons. The van der Waals surface area contributed by atoms with Crippen LogP contribution in [0.25, 0.3) is 11.1 Å². The molecular formula is C21H20F3NO7S. The van der Waals surface area contributed by atoms with Crippen molar-refractivity contribution in [2.75, 3.05) is 34.9 Å². The number of halogens is 3. The minimum Gasteiger partial charge on any atom is -0.493 e. The molecule has 2 aromatic carbocycles. The number of benzene rings is 2. The largest absolute Gasteiger partial charge is 0.534 e. The van der Waals surface area contributed by atoms with E-state index in [1.807, 2.05) is 4.90 Å². The molecule has 12 heteroatoms. The van der Waals surface area contributed by atoms with E-state index in [9.17, 15) is 26.4 Å². The number of carbonyl (C=O) groups is 1. The number of methoxy groups -OCH3 is 3. The Bertz CT molecular complexity index is 1260. The van der Waals surface area contributed by atoms with Crippen molar-refractivity contribution in [1.82, 2.24) is 4.90 Å². The summed E-state index contributed by atoms with van der Waals surface area (Å²) in [7, 11) is -0.211. The van der Waals surface area contributed by atoms with Gasteiger partial charge in [-0.25, -0.2) is 0 Å². The van der Waals surface area contributed by atoms with Crippen LogP contribution >= 0.6 is 0 Å². The van der Waals surface area contributed by atoms with E-state index in [-0.39, 0.29) is 34.2 Å². The van der Waals surface area contributed by atoms with E-state index in [0.29, 0.717) is 29.7 Å². The Hall–Kier alpha value is -2.99. The van der Waals surface area contributed by atoms with Crippen molar-refractivity contribution in [1.29, 1.82) is 0 Å². The second-order valence-corrected chi connectivity index (χ2v) is 9.13. The molecule has 33 heavy (non-hydrogen) atoms. The molecule has 4 rings (SSSR count). The summed E-state index contributed by atoms with van der Waals surface area (Å²) >= 11 is 0. The van der Waals surface area contributed by atoms with Gasteiger partial charge in [-0.1, -0.05) is 0 Å². The normalized spacial score (nSPS) is 17.8. The van der Waals surface area contributed by atoms with Crippen LogP contribution in [0.3, 0.4) is 0 Å². The summed E-state index contributed by atoms with van der Waals surface area (Å²) in [6, 6.07) is 3.45. The minimum atomic E-state index is -5.95. The Kier molecular flexibility index (Phi) is 5.48. The predicted molar refractivity (Wildman–Crippen MR) is 111 cm³/mol. The lowest BCUT2D eigenvalue weighted by atomic mass is 9.75. The molecule has 0 saturated carbocycles. The predicted octanol–water partition coefficient (Wildman–Crippen LogP) is 3.33. The molecule has 0 saturated heterocycles. The Balaban J connectivity index is 2.07. The molecule has 2 aromatic rings. The van der Waals surface area contributed by atoms with E-state index in [4.69, 9.17) is 14.2 Å². The molecule has 0 radical (unpaired) electrons. The summed E-state index contributed by atoms with van der Waals surface area (Å²) in [5.41, 5.74) is -3.78. The van der Waals surface area contributed by atoms with E-state index < -0.39 is 27.4 Å². The Morgan fingerprint density at radius 2 is 1.58 bits per heavy atom. The zero-order valence-corrected chi connectivity index (χ0v) is 18.9. The van der Waals surface area contributed by atoms with Crippen molar-refractivity contribution in [2.24, 2.45) is 0 Å². The molecule has 0 spiro atoms. The number of alkyl halides is 3. The number of rotatable bonds is 5. The van der Waals surface area contributed by atoms with Gasteiger partial charge in [0.25, 0.3) is 0 Å². The van der Waals surface area contributed by atoms with Gasteiger partial charge in [0.05, 0.1) is 27.4 Å². The van der Waals surface area contributed by atoms with Crippen molar-refractivity contribution in [3.8, 4) is 34.1 Å². The van der Waals surface area contributed by atoms with Crippen LogP contribution in [-0.4, -0.2) is 59.5 Å². The van der Waals surface area contributed by atoms with Crippen molar-refractivity contribution in [2.45, 2.75) is 18.0 Å². The maximum absolute atomic E-state index is 13.5. The molecular weight excluding hydrogens is 467 g/mol. The van der Waals surface area contributed by atoms with Crippen LogP contribution in [0.4, 0.5) is 13.2 Å². The number of ketones is 1. The van der Waals surface area contributed by atoms with Crippen LogP contribution in [-0.2, 0) is 16.5 Å². The van der Waals surface area contributed by atoms with E-state index in [1.165, 1.54) is 39.5 Å². The molecule has 1 aliphatic heterocycles. The minimum absolute atomic E-state index is 0.233. The number of hydrogen-bond acceptors (Lipinski definition) is 8. The highest BCUT2D eigenvalue weighted by atomic mass is 32.2. The van der Waals surface area contributed by atoms with Crippen molar-refractivity contribution in [3.63, 3.8) is 0 Å².